The van der Waals surface area contributed by atoms with Crippen LogP contribution in [-0.2, 0) is 9.59 Å². The van der Waals surface area contributed by atoms with Crippen LogP contribution in [0.3, 0.4) is 0 Å². The molecule has 33 heavy (non-hydrogen) atoms. The van der Waals surface area contributed by atoms with Crippen LogP contribution in [0.1, 0.15) is 44.1 Å². The highest BCUT2D eigenvalue weighted by Crippen LogP contribution is 2.39. The molecule has 1 amide bonds. The highest BCUT2D eigenvalue weighted by molar-refractivity contribution is 5.80. The Kier molecular flexibility index (Phi) is 7.79. The Morgan fingerprint density at radius 1 is 1.12 bits per heavy atom. The third kappa shape index (κ3) is 6.13. The fraction of sp³-hybridized carbons (Fsp3) is 0.636. The molecule has 0 aliphatic carbocycles. The number of amides is 1. The van der Waals surface area contributed by atoms with Crippen molar-refractivity contribution in [2.24, 2.45) is 0 Å². The molecule has 3 aliphatic rings. The van der Waals surface area contributed by atoms with E-state index in [1.54, 1.807) is 6.20 Å². The summed E-state index contributed by atoms with van der Waals surface area (Å²) >= 11 is 0. The summed E-state index contributed by atoms with van der Waals surface area (Å²) in [5, 5.41) is 16.0. The SMILES string of the molecule is N#Cc1ccc(N2CCC3(CCC(=O)N3CCN3CCCC3)CC2)nc1.O=C(O)C(F)(F)F. The van der Waals surface area contributed by atoms with Crippen LogP contribution in [-0.4, -0.2) is 82.8 Å². The molecule has 1 N–H and O–H groups in total. The number of hydrogen-bond acceptors (Lipinski definition) is 6. The first-order valence-corrected chi connectivity index (χ1v) is 11.1. The molecule has 3 aliphatic heterocycles. The van der Waals surface area contributed by atoms with Crippen LogP contribution in [0.4, 0.5) is 19.0 Å². The summed E-state index contributed by atoms with van der Waals surface area (Å²) < 4.78 is 31.7. The van der Waals surface area contributed by atoms with Crippen molar-refractivity contribution in [1.82, 2.24) is 14.8 Å². The lowest BCUT2D eigenvalue weighted by Crippen LogP contribution is -2.54. The quantitative estimate of drug-likeness (QED) is 0.727. The van der Waals surface area contributed by atoms with Crippen LogP contribution in [0.5, 0.6) is 0 Å². The third-order valence-corrected chi connectivity index (χ3v) is 6.65. The van der Waals surface area contributed by atoms with E-state index in [4.69, 9.17) is 15.2 Å². The van der Waals surface area contributed by atoms with Crippen LogP contribution in [0.2, 0.25) is 0 Å². The van der Waals surface area contributed by atoms with Crippen molar-refractivity contribution in [3.8, 4) is 6.07 Å². The number of likely N-dealkylation sites (tertiary alicyclic amines) is 2. The molecule has 0 bridgehead atoms. The first-order chi connectivity index (χ1) is 15.6. The number of carbonyl (C=O) groups is 2. The lowest BCUT2D eigenvalue weighted by molar-refractivity contribution is -0.192. The number of carboxylic acids is 1. The molecule has 180 valence electrons. The molecule has 4 rings (SSSR count). The van der Waals surface area contributed by atoms with E-state index in [0.29, 0.717) is 17.9 Å². The number of aromatic nitrogens is 1. The number of nitriles is 1. The van der Waals surface area contributed by atoms with Crippen molar-refractivity contribution >= 4 is 17.7 Å². The van der Waals surface area contributed by atoms with Gasteiger partial charge in [-0.1, -0.05) is 0 Å². The first-order valence-electron chi connectivity index (χ1n) is 11.1. The van der Waals surface area contributed by atoms with Crippen LogP contribution in [0, 0.1) is 11.3 Å². The summed E-state index contributed by atoms with van der Waals surface area (Å²) in [6, 6.07) is 5.87. The van der Waals surface area contributed by atoms with E-state index < -0.39 is 12.1 Å². The van der Waals surface area contributed by atoms with Gasteiger partial charge in [-0.05, 0) is 57.3 Å². The number of alkyl halides is 3. The predicted molar refractivity (Wildman–Crippen MR) is 113 cm³/mol. The molecule has 0 saturated carbocycles. The van der Waals surface area contributed by atoms with Crippen molar-refractivity contribution in [1.29, 1.82) is 5.26 Å². The van der Waals surface area contributed by atoms with Crippen molar-refractivity contribution in [2.45, 2.75) is 50.2 Å². The van der Waals surface area contributed by atoms with Crippen molar-refractivity contribution in [3.05, 3.63) is 23.9 Å². The summed E-state index contributed by atoms with van der Waals surface area (Å²) in [4.78, 5) is 32.8. The normalized spacial score (nSPS) is 20.5. The summed E-state index contributed by atoms with van der Waals surface area (Å²) in [5.41, 5.74) is 0.650. The summed E-state index contributed by atoms with van der Waals surface area (Å²) in [6.07, 6.45) is 2.88. The van der Waals surface area contributed by atoms with E-state index >= 15 is 0 Å². The number of halogens is 3. The summed E-state index contributed by atoms with van der Waals surface area (Å²) in [6.45, 7) is 6.13. The number of hydrogen-bond donors (Lipinski definition) is 1. The smallest absolute Gasteiger partial charge is 0.475 e. The molecule has 1 aromatic rings. The molecule has 1 spiro atoms. The highest BCUT2D eigenvalue weighted by Gasteiger charge is 2.46. The van der Waals surface area contributed by atoms with E-state index in [0.717, 1.165) is 51.3 Å². The number of carboxylic acid groups (broad SMARTS) is 1. The van der Waals surface area contributed by atoms with E-state index in [9.17, 15) is 18.0 Å². The Balaban J connectivity index is 0.000000383. The largest absolute Gasteiger partial charge is 0.490 e. The number of aliphatic carboxylic acids is 1. The minimum absolute atomic E-state index is 0.0555. The zero-order valence-corrected chi connectivity index (χ0v) is 18.4. The molecule has 0 aromatic carbocycles. The number of pyridine rings is 1. The van der Waals surface area contributed by atoms with Gasteiger partial charge in [-0.2, -0.15) is 18.4 Å². The van der Waals surface area contributed by atoms with Gasteiger partial charge in [0.1, 0.15) is 11.9 Å². The molecule has 11 heteroatoms. The van der Waals surface area contributed by atoms with Gasteiger partial charge in [0.25, 0.3) is 0 Å². The van der Waals surface area contributed by atoms with E-state index in [-0.39, 0.29) is 5.54 Å². The second-order valence-corrected chi connectivity index (χ2v) is 8.63. The van der Waals surface area contributed by atoms with E-state index in [2.05, 4.69) is 25.8 Å². The predicted octanol–water partition coefficient (Wildman–Crippen LogP) is 2.64. The Morgan fingerprint density at radius 2 is 1.76 bits per heavy atom. The number of rotatable bonds is 4. The van der Waals surface area contributed by atoms with E-state index in [1.165, 1.54) is 25.9 Å². The zero-order chi connectivity index (χ0) is 24.1. The Labute approximate surface area is 190 Å². The molecular weight excluding hydrogens is 439 g/mol. The van der Waals surface area contributed by atoms with Gasteiger partial charge in [0.15, 0.2) is 0 Å². The zero-order valence-electron chi connectivity index (χ0n) is 18.4. The molecule has 0 unspecified atom stereocenters. The maximum Gasteiger partial charge on any atom is 0.490 e. The minimum atomic E-state index is -5.08. The maximum absolute atomic E-state index is 12.5. The second kappa shape index (κ2) is 10.4. The van der Waals surface area contributed by atoms with Crippen molar-refractivity contribution in [3.63, 3.8) is 0 Å². The van der Waals surface area contributed by atoms with Gasteiger partial charge in [-0.25, -0.2) is 9.78 Å². The lowest BCUT2D eigenvalue weighted by Gasteiger charge is -2.45. The molecule has 1 aromatic heterocycles. The van der Waals surface area contributed by atoms with Crippen molar-refractivity contribution < 1.29 is 27.9 Å². The lowest BCUT2D eigenvalue weighted by atomic mass is 9.85. The molecule has 3 saturated heterocycles. The minimum Gasteiger partial charge on any atom is -0.475 e. The average Bonchev–Trinajstić information content (AvgIpc) is 3.41. The number of piperidine rings is 1. The molecule has 0 atom stereocenters. The van der Waals surface area contributed by atoms with Gasteiger partial charge in [0.05, 0.1) is 5.56 Å². The monoisotopic (exact) mass is 467 g/mol. The number of nitrogens with zero attached hydrogens (tertiary/aromatic N) is 5. The Hall–Kier alpha value is -2.87. The van der Waals surface area contributed by atoms with Crippen LogP contribution in [0.25, 0.3) is 0 Å². The van der Waals surface area contributed by atoms with Gasteiger partial charge < -0.3 is 19.8 Å². The summed E-state index contributed by atoms with van der Waals surface area (Å²) in [7, 11) is 0. The standard InChI is InChI=1S/C20H27N5O.C2HF3O2/c21-15-17-3-4-18(22-16-17)24-11-7-20(8-12-24)6-5-19(26)25(20)14-13-23-9-1-2-10-23;3-2(4,5)1(6)7/h3-4,16H,1-2,5-14H2;(H,6,7). The van der Waals surface area contributed by atoms with Crippen LogP contribution >= 0.6 is 0 Å². The fourth-order valence-corrected chi connectivity index (χ4v) is 4.79. The molecule has 8 nitrogen and oxygen atoms in total. The topological polar surface area (TPSA) is 101 Å². The third-order valence-electron chi connectivity index (χ3n) is 6.65. The second-order valence-electron chi connectivity index (χ2n) is 8.63. The average molecular weight is 467 g/mol. The van der Waals surface area contributed by atoms with E-state index in [1.807, 2.05) is 12.1 Å². The molecule has 0 radical (unpaired) electrons. The van der Waals surface area contributed by atoms with Gasteiger partial charge in [-0.3, -0.25) is 4.79 Å². The van der Waals surface area contributed by atoms with Crippen LogP contribution in [0.15, 0.2) is 18.3 Å². The van der Waals surface area contributed by atoms with Gasteiger partial charge in [-0.15, -0.1) is 0 Å². The maximum atomic E-state index is 12.5. The molecular formula is C22H28F3N5O3. The van der Waals surface area contributed by atoms with Crippen molar-refractivity contribution in [2.75, 3.05) is 44.2 Å². The number of anilines is 1. The molecule has 4 heterocycles. The highest BCUT2D eigenvalue weighted by atomic mass is 19.4. The van der Waals surface area contributed by atoms with Gasteiger partial charge in [0.2, 0.25) is 5.91 Å². The Bertz CT molecular complexity index is 871. The number of carbonyl (C=O) groups excluding carboxylic acids is 1. The van der Waals surface area contributed by atoms with Crippen LogP contribution < -0.4 is 4.90 Å². The first kappa shape index (κ1) is 24.8. The van der Waals surface area contributed by atoms with Gasteiger partial charge in [0, 0.05) is 44.3 Å². The van der Waals surface area contributed by atoms with Gasteiger partial charge >= 0.3 is 12.1 Å². The Morgan fingerprint density at radius 3 is 2.27 bits per heavy atom. The summed E-state index contributed by atoms with van der Waals surface area (Å²) in [5.74, 6) is -1.48. The fourth-order valence-electron chi connectivity index (χ4n) is 4.79. The molecule has 3 fully saturated rings.